The standard InChI is InChI=1S/C7H11NO/c1-5-4-7(9-8-5)6-2-3-6/h4-6,8H,2-3H2,1H3. The molecule has 1 unspecified atom stereocenters. The molecule has 2 heteroatoms. The van der Waals surface area contributed by atoms with Crippen molar-refractivity contribution in [1.29, 1.82) is 0 Å². The Morgan fingerprint density at radius 1 is 1.67 bits per heavy atom. The summed E-state index contributed by atoms with van der Waals surface area (Å²) in [6.45, 7) is 2.09. The van der Waals surface area contributed by atoms with Crippen LogP contribution in [0.15, 0.2) is 11.8 Å². The lowest BCUT2D eigenvalue weighted by Crippen LogP contribution is -2.15. The Morgan fingerprint density at radius 2 is 2.44 bits per heavy atom. The minimum atomic E-state index is 0.417. The molecule has 0 bridgehead atoms. The summed E-state index contributed by atoms with van der Waals surface area (Å²) in [5, 5.41) is 0. The number of allylic oxidation sites excluding steroid dienone is 1. The van der Waals surface area contributed by atoms with Gasteiger partial charge in [-0.1, -0.05) is 0 Å². The number of hydroxylamine groups is 1. The lowest BCUT2D eigenvalue weighted by Gasteiger charge is -1.99. The van der Waals surface area contributed by atoms with E-state index in [1.165, 1.54) is 18.6 Å². The van der Waals surface area contributed by atoms with Gasteiger partial charge < -0.3 is 4.84 Å². The molecule has 2 aliphatic rings. The Balaban J connectivity index is 2.03. The van der Waals surface area contributed by atoms with Crippen LogP contribution in [0.4, 0.5) is 0 Å². The molecule has 0 radical (unpaired) electrons. The van der Waals surface area contributed by atoms with Crippen molar-refractivity contribution in [2.45, 2.75) is 25.8 Å². The summed E-state index contributed by atoms with van der Waals surface area (Å²) in [5.41, 5.74) is 2.90. The highest BCUT2D eigenvalue weighted by Crippen LogP contribution is 2.38. The molecule has 1 saturated carbocycles. The highest BCUT2D eigenvalue weighted by molar-refractivity contribution is 5.11. The largest absolute Gasteiger partial charge is 0.413 e. The Hall–Kier alpha value is -0.500. The molecule has 2 nitrogen and oxygen atoms in total. The molecule has 0 aromatic heterocycles. The number of nitrogens with one attached hydrogen (secondary N) is 1. The highest BCUT2D eigenvalue weighted by atomic mass is 16.7. The molecule has 0 amide bonds. The van der Waals surface area contributed by atoms with Crippen molar-refractivity contribution in [2.24, 2.45) is 5.92 Å². The van der Waals surface area contributed by atoms with Gasteiger partial charge in [0.25, 0.3) is 0 Å². The number of hydrogen-bond donors (Lipinski definition) is 1. The minimum absolute atomic E-state index is 0.417. The topological polar surface area (TPSA) is 21.3 Å². The van der Waals surface area contributed by atoms with E-state index in [4.69, 9.17) is 4.84 Å². The molecule has 1 fully saturated rings. The minimum Gasteiger partial charge on any atom is -0.413 e. The molecule has 2 rings (SSSR count). The fraction of sp³-hybridized carbons (Fsp3) is 0.714. The first-order chi connectivity index (χ1) is 4.36. The van der Waals surface area contributed by atoms with E-state index in [1.807, 2.05) is 0 Å². The quantitative estimate of drug-likeness (QED) is 0.568. The molecule has 1 heterocycles. The Labute approximate surface area is 54.8 Å². The van der Waals surface area contributed by atoms with E-state index in [-0.39, 0.29) is 0 Å². The predicted octanol–water partition coefficient (Wildman–Crippen LogP) is 1.20. The third kappa shape index (κ3) is 0.944. The van der Waals surface area contributed by atoms with Crippen molar-refractivity contribution in [3.63, 3.8) is 0 Å². The fourth-order valence-corrected chi connectivity index (χ4v) is 1.06. The van der Waals surface area contributed by atoms with E-state index < -0.39 is 0 Å². The van der Waals surface area contributed by atoms with Gasteiger partial charge in [-0.15, -0.1) is 0 Å². The van der Waals surface area contributed by atoms with Crippen LogP contribution < -0.4 is 5.48 Å². The first-order valence-electron chi connectivity index (χ1n) is 3.50. The van der Waals surface area contributed by atoms with Crippen LogP contribution in [0.25, 0.3) is 0 Å². The average molecular weight is 125 g/mol. The van der Waals surface area contributed by atoms with E-state index in [9.17, 15) is 0 Å². The first-order valence-corrected chi connectivity index (χ1v) is 3.50. The monoisotopic (exact) mass is 125 g/mol. The predicted molar refractivity (Wildman–Crippen MR) is 34.5 cm³/mol. The zero-order valence-electron chi connectivity index (χ0n) is 5.55. The molecule has 0 aromatic rings. The number of hydrogen-bond acceptors (Lipinski definition) is 2. The van der Waals surface area contributed by atoms with Gasteiger partial charge in [0.1, 0.15) is 5.76 Å². The van der Waals surface area contributed by atoms with E-state index in [0.29, 0.717) is 6.04 Å². The maximum absolute atomic E-state index is 5.20. The second kappa shape index (κ2) is 1.74. The first kappa shape index (κ1) is 5.30. The summed E-state index contributed by atoms with van der Waals surface area (Å²) < 4.78 is 0. The Bertz CT molecular complexity index is 149. The normalized spacial score (nSPS) is 33.9. The second-order valence-corrected chi connectivity index (χ2v) is 2.85. The van der Waals surface area contributed by atoms with Crippen molar-refractivity contribution in [2.75, 3.05) is 0 Å². The van der Waals surface area contributed by atoms with Crippen LogP contribution in [0.1, 0.15) is 19.8 Å². The molecule has 0 aromatic carbocycles. The van der Waals surface area contributed by atoms with Crippen LogP contribution in [-0.2, 0) is 4.84 Å². The molecule has 1 aliphatic heterocycles. The van der Waals surface area contributed by atoms with Crippen molar-refractivity contribution in [3.8, 4) is 0 Å². The van der Waals surface area contributed by atoms with Gasteiger partial charge in [0.05, 0.1) is 6.04 Å². The lowest BCUT2D eigenvalue weighted by atomic mass is 10.2. The van der Waals surface area contributed by atoms with Gasteiger partial charge in [-0.3, -0.25) is 0 Å². The Morgan fingerprint density at radius 3 is 2.89 bits per heavy atom. The van der Waals surface area contributed by atoms with Gasteiger partial charge in [0.2, 0.25) is 0 Å². The van der Waals surface area contributed by atoms with Gasteiger partial charge in [0, 0.05) is 5.92 Å². The van der Waals surface area contributed by atoms with Crippen molar-refractivity contribution < 1.29 is 4.84 Å². The molecule has 0 saturated heterocycles. The summed E-state index contributed by atoms with van der Waals surface area (Å²) in [6, 6.07) is 0.417. The lowest BCUT2D eigenvalue weighted by molar-refractivity contribution is 0.110. The van der Waals surface area contributed by atoms with E-state index in [0.717, 1.165) is 5.92 Å². The van der Waals surface area contributed by atoms with Gasteiger partial charge in [-0.25, -0.2) is 0 Å². The maximum Gasteiger partial charge on any atom is 0.125 e. The smallest absolute Gasteiger partial charge is 0.125 e. The van der Waals surface area contributed by atoms with Crippen LogP contribution in [-0.4, -0.2) is 6.04 Å². The van der Waals surface area contributed by atoms with Crippen molar-refractivity contribution >= 4 is 0 Å². The van der Waals surface area contributed by atoms with E-state index in [2.05, 4.69) is 18.5 Å². The average Bonchev–Trinajstić information content (AvgIpc) is 2.58. The molecular weight excluding hydrogens is 114 g/mol. The van der Waals surface area contributed by atoms with E-state index >= 15 is 0 Å². The van der Waals surface area contributed by atoms with Gasteiger partial charge in [-0.05, 0) is 25.8 Å². The van der Waals surface area contributed by atoms with Gasteiger partial charge >= 0.3 is 0 Å². The molecule has 1 aliphatic carbocycles. The number of rotatable bonds is 1. The van der Waals surface area contributed by atoms with Crippen molar-refractivity contribution in [3.05, 3.63) is 11.8 Å². The summed E-state index contributed by atoms with van der Waals surface area (Å²) in [7, 11) is 0. The van der Waals surface area contributed by atoms with E-state index in [1.54, 1.807) is 0 Å². The van der Waals surface area contributed by atoms with Crippen LogP contribution in [0.2, 0.25) is 0 Å². The Kier molecular flexibility index (Phi) is 1.02. The molecule has 9 heavy (non-hydrogen) atoms. The van der Waals surface area contributed by atoms with Crippen LogP contribution >= 0.6 is 0 Å². The zero-order valence-corrected chi connectivity index (χ0v) is 5.55. The molecular formula is C7H11NO. The summed E-state index contributed by atoms with van der Waals surface area (Å²) in [5.74, 6) is 1.92. The molecule has 1 N–H and O–H groups in total. The van der Waals surface area contributed by atoms with Gasteiger partial charge in [-0.2, -0.15) is 5.48 Å². The van der Waals surface area contributed by atoms with Gasteiger partial charge in [0.15, 0.2) is 0 Å². The van der Waals surface area contributed by atoms with Crippen LogP contribution in [0.3, 0.4) is 0 Å². The third-order valence-corrected chi connectivity index (χ3v) is 1.76. The fourth-order valence-electron chi connectivity index (χ4n) is 1.06. The van der Waals surface area contributed by atoms with Crippen molar-refractivity contribution in [1.82, 2.24) is 5.48 Å². The SMILES string of the molecule is CC1C=C(C2CC2)ON1. The summed E-state index contributed by atoms with van der Waals surface area (Å²) >= 11 is 0. The second-order valence-electron chi connectivity index (χ2n) is 2.85. The molecule has 1 atom stereocenters. The summed E-state index contributed by atoms with van der Waals surface area (Å²) in [6.07, 6.45) is 4.80. The highest BCUT2D eigenvalue weighted by Gasteiger charge is 2.30. The maximum atomic E-state index is 5.20. The third-order valence-electron chi connectivity index (χ3n) is 1.76. The summed E-state index contributed by atoms with van der Waals surface area (Å²) in [4.78, 5) is 5.20. The molecule has 0 spiro atoms. The van der Waals surface area contributed by atoms with Crippen LogP contribution in [0.5, 0.6) is 0 Å². The van der Waals surface area contributed by atoms with Crippen LogP contribution in [0, 0.1) is 5.92 Å². The molecule has 50 valence electrons. The zero-order chi connectivity index (χ0) is 6.27.